The zero-order valence-electron chi connectivity index (χ0n) is 10.8. The minimum absolute atomic E-state index is 0.101. The third-order valence-corrected chi connectivity index (χ3v) is 3.53. The van der Waals surface area contributed by atoms with Crippen LogP contribution < -0.4 is 0 Å². The molecule has 1 rings (SSSR count). The molecule has 0 aliphatic heterocycles. The summed E-state index contributed by atoms with van der Waals surface area (Å²) in [5.41, 5.74) is -0.731. The molecule has 1 aromatic carbocycles. The van der Waals surface area contributed by atoms with Gasteiger partial charge in [-0.25, -0.2) is 13.4 Å². The molecule has 0 heterocycles. The first kappa shape index (κ1) is 14.6. The minimum atomic E-state index is -3.14. The van der Waals surface area contributed by atoms with Crippen molar-refractivity contribution in [1.29, 1.82) is 0 Å². The van der Waals surface area contributed by atoms with Crippen LogP contribution in [0.5, 0.6) is 0 Å². The summed E-state index contributed by atoms with van der Waals surface area (Å²) in [4.78, 5) is 11.4. The molecule has 0 radical (unpaired) electrons. The van der Waals surface area contributed by atoms with Gasteiger partial charge in [-0.1, -0.05) is 12.1 Å². The molecular weight excluding hydrogens is 257 g/mol. The summed E-state index contributed by atoms with van der Waals surface area (Å²) in [5, 5.41) is 0. The fourth-order valence-corrected chi connectivity index (χ4v) is 2.40. The Morgan fingerprint density at radius 3 is 2.39 bits per heavy atom. The number of rotatable bonds is 1. The quantitative estimate of drug-likeness (QED) is 0.789. The number of carbonyl (C=O) groups excluding carboxylic acids is 1. The maximum absolute atomic E-state index is 13.5. The van der Waals surface area contributed by atoms with Crippen LogP contribution in [0.2, 0.25) is 0 Å². The maximum atomic E-state index is 13.5. The summed E-state index contributed by atoms with van der Waals surface area (Å²) in [7, 11) is -3.14. The van der Waals surface area contributed by atoms with Gasteiger partial charge in [-0.2, -0.15) is 0 Å². The summed E-state index contributed by atoms with van der Waals surface area (Å²) < 4.78 is 34.1. The molecule has 0 bridgehead atoms. The van der Waals surface area contributed by atoms with Gasteiger partial charge in [-0.3, -0.25) is 0 Å². The van der Waals surface area contributed by atoms with Gasteiger partial charge >= 0.3 is 6.09 Å². The second kappa shape index (κ2) is 5.06. The van der Waals surface area contributed by atoms with E-state index in [1.165, 1.54) is 30.5 Å². The van der Waals surface area contributed by atoms with Crippen LogP contribution in [-0.4, -0.2) is 22.2 Å². The van der Waals surface area contributed by atoms with Gasteiger partial charge in [0.05, 0.1) is 14.6 Å². The lowest BCUT2D eigenvalue weighted by atomic mass is 10.2. The fourth-order valence-electron chi connectivity index (χ4n) is 1.22. The summed E-state index contributed by atoms with van der Waals surface area (Å²) in [6, 6.07) is 5.52. The largest absolute Gasteiger partial charge is 0.442 e. The van der Waals surface area contributed by atoms with Gasteiger partial charge < -0.3 is 4.74 Å². The second-order valence-corrected chi connectivity index (χ2v) is 7.03. The first-order valence-corrected chi connectivity index (χ1v) is 7.24. The molecular formula is C12H16FNO3S. The Balaban J connectivity index is 3.12. The monoisotopic (exact) mass is 273 g/mol. The van der Waals surface area contributed by atoms with Crippen molar-refractivity contribution in [2.24, 2.45) is 4.36 Å². The van der Waals surface area contributed by atoms with E-state index in [4.69, 9.17) is 4.74 Å². The molecule has 0 saturated heterocycles. The van der Waals surface area contributed by atoms with Gasteiger partial charge in [0.25, 0.3) is 0 Å². The van der Waals surface area contributed by atoms with E-state index < -0.39 is 27.2 Å². The van der Waals surface area contributed by atoms with Crippen LogP contribution in [0.4, 0.5) is 9.18 Å². The predicted molar refractivity (Wildman–Crippen MR) is 67.4 cm³/mol. The number of ether oxygens (including phenoxy) is 1. The summed E-state index contributed by atoms with van der Waals surface area (Å²) in [6.07, 6.45) is 0.244. The van der Waals surface area contributed by atoms with E-state index in [1.807, 2.05) is 0 Å². The van der Waals surface area contributed by atoms with Crippen molar-refractivity contribution >= 4 is 15.8 Å². The van der Waals surface area contributed by atoms with E-state index in [0.29, 0.717) is 0 Å². The third-order valence-electron chi connectivity index (χ3n) is 1.89. The molecule has 100 valence electrons. The Hall–Kier alpha value is -1.43. The molecule has 0 N–H and O–H groups in total. The van der Waals surface area contributed by atoms with Crippen molar-refractivity contribution in [3.05, 3.63) is 30.1 Å². The molecule has 0 spiro atoms. The molecule has 1 aromatic rings. The highest BCUT2D eigenvalue weighted by Crippen LogP contribution is 2.17. The molecule has 6 heteroatoms. The molecule has 0 aliphatic carbocycles. The summed E-state index contributed by atoms with van der Waals surface area (Å²) in [6.45, 7) is 5.00. The molecule has 1 unspecified atom stereocenters. The molecule has 1 amide bonds. The Labute approximate surface area is 106 Å². The van der Waals surface area contributed by atoms with Crippen molar-refractivity contribution in [2.75, 3.05) is 6.26 Å². The van der Waals surface area contributed by atoms with Gasteiger partial charge in [0, 0.05) is 6.26 Å². The number of carbonyl (C=O) groups is 1. The highest BCUT2D eigenvalue weighted by atomic mass is 32.2. The molecule has 0 saturated carbocycles. The third kappa shape index (κ3) is 4.10. The van der Waals surface area contributed by atoms with E-state index >= 15 is 0 Å². The normalized spacial score (nSPS) is 14.7. The van der Waals surface area contributed by atoms with Gasteiger partial charge in [-0.05, 0) is 32.9 Å². The molecule has 1 atom stereocenters. The summed E-state index contributed by atoms with van der Waals surface area (Å²) in [5.74, 6) is -0.655. The lowest BCUT2D eigenvalue weighted by Gasteiger charge is -2.17. The number of halogens is 1. The maximum Gasteiger partial charge on any atom is 0.442 e. The summed E-state index contributed by atoms with van der Waals surface area (Å²) >= 11 is 0. The van der Waals surface area contributed by atoms with Gasteiger partial charge in [0.2, 0.25) is 0 Å². The van der Waals surface area contributed by atoms with Crippen LogP contribution >= 0.6 is 0 Å². The Bertz CT molecular complexity index is 569. The average Bonchev–Trinajstić information content (AvgIpc) is 2.13. The van der Waals surface area contributed by atoms with E-state index in [-0.39, 0.29) is 4.90 Å². The lowest BCUT2D eigenvalue weighted by Crippen LogP contribution is -2.22. The molecule has 0 aromatic heterocycles. The van der Waals surface area contributed by atoms with Crippen molar-refractivity contribution in [1.82, 2.24) is 0 Å². The first-order valence-electron chi connectivity index (χ1n) is 5.31. The highest BCUT2D eigenvalue weighted by molar-refractivity contribution is 7.93. The second-order valence-electron chi connectivity index (χ2n) is 4.80. The Morgan fingerprint density at radius 2 is 1.89 bits per heavy atom. The Kier molecular flexibility index (Phi) is 4.11. The molecule has 4 nitrogen and oxygen atoms in total. The van der Waals surface area contributed by atoms with Crippen LogP contribution in [0, 0.1) is 5.82 Å². The highest BCUT2D eigenvalue weighted by Gasteiger charge is 2.19. The number of hydrogen-bond acceptors (Lipinski definition) is 3. The van der Waals surface area contributed by atoms with E-state index in [2.05, 4.69) is 4.36 Å². The lowest BCUT2D eigenvalue weighted by molar-refractivity contribution is 0.0607. The van der Waals surface area contributed by atoms with Crippen LogP contribution in [0.3, 0.4) is 0 Å². The standard InChI is InChI=1S/C12H16FNO3S/c1-12(2,3)17-11(15)14-18(4,16)10-8-6-5-7-9(10)13/h5-8H,1-4H3. The van der Waals surface area contributed by atoms with Crippen LogP contribution in [0.1, 0.15) is 20.8 Å². The van der Waals surface area contributed by atoms with Crippen molar-refractivity contribution in [3.63, 3.8) is 0 Å². The van der Waals surface area contributed by atoms with E-state index in [1.54, 1.807) is 20.8 Å². The van der Waals surface area contributed by atoms with Crippen molar-refractivity contribution in [3.8, 4) is 0 Å². The van der Waals surface area contributed by atoms with Crippen molar-refractivity contribution in [2.45, 2.75) is 31.3 Å². The Morgan fingerprint density at radius 1 is 1.33 bits per heavy atom. The van der Waals surface area contributed by atoms with E-state index in [0.717, 1.165) is 0 Å². The van der Waals surface area contributed by atoms with Gasteiger partial charge in [0.1, 0.15) is 11.4 Å². The van der Waals surface area contributed by atoms with Crippen molar-refractivity contribution < 1.29 is 18.1 Å². The number of nitrogens with zero attached hydrogens (tertiary/aromatic N) is 1. The molecule has 0 aliphatic rings. The van der Waals surface area contributed by atoms with Crippen LogP contribution in [0.15, 0.2) is 33.5 Å². The number of hydrogen-bond donors (Lipinski definition) is 0. The topological polar surface area (TPSA) is 55.7 Å². The molecule has 18 heavy (non-hydrogen) atoms. The predicted octanol–water partition coefficient (Wildman–Crippen LogP) is 3.22. The SMILES string of the molecule is CC(C)(C)OC(=O)N=S(C)(=O)c1ccccc1F. The molecule has 0 fully saturated rings. The fraction of sp³-hybridized carbons (Fsp3) is 0.417. The zero-order chi connectivity index (χ0) is 14.0. The first-order chi connectivity index (χ1) is 8.12. The smallest absolute Gasteiger partial charge is 0.442 e. The minimum Gasteiger partial charge on any atom is -0.442 e. The number of benzene rings is 1. The average molecular weight is 273 g/mol. The van der Waals surface area contributed by atoms with Crippen LogP contribution in [0.25, 0.3) is 0 Å². The van der Waals surface area contributed by atoms with Gasteiger partial charge in [-0.15, -0.1) is 4.36 Å². The van der Waals surface area contributed by atoms with E-state index in [9.17, 15) is 13.4 Å². The van der Waals surface area contributed by atoms with Crippen LogP contribution in [-0.2, 0) is 14.5 Å². The number of amides is 1. The van der Waals surface area contributed by atoms with Gasteiger partial charge in [0.15, 0.2) is 0 Å². The zero-order valence-corrected chi connectivity index (χ0v) is 11.6.